The molecule has 0 unspecified atom stereocenters. The second-order valence-electron chi connectivity index (χ2n) is 6.30. The number of anilines is 2. The number of oxazole rings is 1. The van der Waals surface area contributed by atoms with Crippen LogP contribution in [0.25, 0.3) is 11.1 Å². The molecule has 1 aromatic carbocycles. The molecule has 0 amide bonds. The van der Waals surface area contributed by atoms with E-state index >= 15 is 0 Å². The average Bonchev–Trinajstić information content (AvgIpc) is 2.76. The Morgan fingerprint density at radius 1 is 1.32 bits per heavy atom. The molecule has 0 spiro atoms. The van der Waals surface area contributed by atoms with Crippen LogP contribution in [0, 0.1) is 5.41 Å². The van der Waals surface area contributed by atoms with E-state index < -0.39 is 0 Å². The summed E-state index contributed by atoms with van der Waals surface area (Å²) in [5.41, 5.74) is 8.53. The van der Waals surface area contributed by atoms with Crippen LogP contribution in [-0.4, -0.2) is 11.0 Å². The van der Waals surface area contributed by atoms with Crippen LogP contribution in [0.2, 0.25) is 0 Å². The van der Waals surface area contributed by atoms with E-state index in [1.165, 1.54) is 25.7 Å². The lowest BCUT2D eigenvalue weighted by Gasteiger charge is -2.34. The zero-order chi connectivity index (χ0) is 13.5. The molecule has 4 heteroatoms. The summed E-state index contributed by atoms with van der Waals surface area (Å²) in [6.45, 7) is 4.67. The van der Waals surface area contributed by atoms with Gasteiger partial charge >= 0.3 is 0 Å². The molecule has 1 fully saturated rings. The molecular weight excluding hydrogens is 238 g/mol. The van der Waals surface area contributed by atoms with Gasteiger partial charge in [-0.25, -0.2) is 0 Å². The highest BCUT2D eigenvalue weighted by Crippen LogP contribution is 2.36. The van der Waals surface area contributed by atoms with Crippen molar-refractivity contribution in [1.29, 1.82) is 0 Å². The number of para-hydroxylation sites is 1. The lowest BCUT2D eigenvalue weighted by atomic mass is 9.76. The summed E-state index contributed by atoms with van der Waals surface area (Å²) in [7, 11) is 0. The number of hydrogen-bond donors (Lipinski definition) is 2. The second kappa shape index (κ2) is 4.44. The molecule has 1 aliphatic rings. The van der Waals surface area contributed by atoms with E-state index in [-0.39, 0.29) is 0 Å². The summed E-state index contributed by atoms with van der Waals surface area (Å²) in [4.78, 5) is 4.44. The molecule has 1 heterocycles. The van der Waals surface area contributed by atoms with Gasteiger partial charge in [-0.1, -0.05) is 19.9 Å². The van der Waals surface area contributed by atoms with Gasteiger partial charge in [-0.2, -0.15) is 4.98 Å². The number of nitrogens with two attached hydrogens (primary N) is 1. The fourth-order valence-electron chi connectivity index (χ4n) is 2.75. The number of fused-ring (bicyclic) bond motifs is 1. The summed E-state index contributed by atoms with van der Waals surface area (Å²) in [6.07, 6.45) is 4.82. The van der Waals surface area contributed by atoms with Crippen molar-refractivity contribution in [2.45, 2.75) is 45.6 Å². The molecule has 3 N–H and O–H groups in total. The van der Waals surface area contributed by atoms with Crippen LogP contribution in [0.1, 0.15) is 39.5 Å². The molecule has 0 atom stereocenters. The lowest BCUT2D eigenvalue weighted by molar-refractivity contribution is 0.231. The van der Waals surface area contributed by atoms with E-state index in [0.717, 1.165) is 11.1 Å². The molecule has 1 saturated carbocycles. The second-order valence-corrected chi connectivity index (χ2v) is 6.30. The lowest BCUT2D eigenvalue weighted by Crippen LogP contribution is -2.29. The molecule has 4 nitrogen and oxygen atoms in total. The van der Waals surface area contributed by atoms with E-state index in [4.69, 9.17) is 10.2 Å². The first-order chi connectivity index (χ1) is 9.03. The van der Waals surface area contributed by atoms with Crippen LogP contribution in [-0.2, 0) is 0 Å². The summed E-state index contributed by atoms with van der Waals surface area (Å²) in [5.74, 6) is 0. The van der Waals surface area contributed by atoms with Gasteiger partial charge in [0.2, 0.25) is 0 Å². The third kappa shape index (κ3) is 2.53. The van der Waals surface area contributed by atoms with Gasteiger partial charge in [0.25, 0.3) is 6.01 Å². The Morgan fingerprint density at radius 2 is 2.05 bits per heavy atom. The summed E-state index contributed by atoms with van der Waals surface area (Å²) in [6, 6.07) is 6.68. The van der Waals surface area contributed by atoms with Crippen LogP contribution in [0.15, 0.2) is 22.6 Å². The first-order valence-electron chi connectivity index (χ1n) is 6.95. The maximum absolute atomic E-state index is 5.89. The Labute approximate surface area is 113 Å². The Morgan fingerprint density at radius 3 is 2.74 bits per heavy atom. The van der Waals surface area contributed by atoms with Crippen LogP contribution < -0.4 is 11.1 Å². The van der Waals surface area contributed by atoms with Crippen LogP contribution in [0.5, 0.6) is 0 Å². The molecular formula is C15H21N3O. The van der Waals surface area contributed by atoms with Gasteiger partial charge in [0.1, 0.15) is 5.52 Å². The molecule has 19 heavy (non-hydrogen) atoms. The van der Waals surface area contributed by atoms with E-state index in [9.17, 15) is 0 Å². The van der Waals surface area contributed by atoms with Gasteiger partial charge in [-0.05, 0) is 43.2 Å². The summed E-state index contributed by atoms with van der Waals surface area (Å²) >= 11 is 0. The minimum Gasteiger partial charge on any atom is -0.423 e. The van der Waals surface area contributed by atoms with Crippen molar-refractivity contribution >= 4 is 22.8 Å². The number of benzene rings is 1. The maximum atomic E-state index is 5.89. The first kappa shape index (κ1) is 12.3. The van der Waals surface area contributed by atoms with Crippen LogP contribution in [0.3, 0.4) is 0 Å². The van der Waals surface area contributed by atoms with Crippen LogP contribution in [0.4, 0.5) is 11.7 Å². The fourth-order valence-corrected chi connectivity index (χ4v) is 2.75. The smallest absolute Gasteiger partial charge is 0.295 e. The van der Waals surface area contributed by atoms with Gasteiger partial charge in [-0.3, -0.25) is 0 Å². The highest BCUT2D eigenvalue weighted by atomic mass is 16.4. The predicted molar refractivity (Wildman–Crippen MR) is 78.1 cm³/mol. The monoisotopic (exact) mass is 259 g/mol. The van der Waals surface area contributed by atoms with Gasteiger partial charge < -0.3 is 15.5 Å². The molecule has 0 radical (unpaired) electrons. The van der Waals surface area contributed by atoms with Crippen molar-refractivity contribution in [3.05, 3.63) is 18.2 Å². The summed E-state index contributed by atoms with van der Waals surface area (Å²) < 4.78 is 5.70. The van der Waals surface area contributed by atoms with Gasteiger partial charge in [-0.15, -0.1) is 0 Å². The zero-order valence-corrected chi connectivity index (χ0v) is 11.6. The Balaban J connectivity index is 1.74. The molecule has 0 aliphatic heterocycles. The van der Waals surface area contributed by atoms with Crippen molar-refractivity contribution in [2.24, 2.45) is 5.41 Å². The Kier molecular flexibility index (Phi) is 2.88. The molecule has 102 valence electrons. The number of rotatable bonds is 2. The van der Waals surface area contributed by atoms with Crippen molar-refractivity contribution in [2.75, 3.05) is 11.1 Å². The van der Waals surface area contributed by atoms with E-state index in [1.807, 2.05) is 18.2 Å². The van der Waals surface area contributed by atoms with Gasteiger partial charge in [0.15, 0.2) is 5.58 Å². The standard InChI is InChI=1S/C15H21N3O/c1-15(2)8-6-10(7-9-15)17-14-18-13-11(16)4-3-5-12(13)19-14/h3-5,10H,6-9,16H2,1-2H3,(H,17,18). The quantitative estimate of drug-likeness (QED) is 0.805. The molecule has 1 aliphatic carbocycles. The largest absolute Gasteiger partial charge is 0.423 e. The first-order valence-corrected chi connectivity index (χ1v) is 6.95. The number of nitrogens with one attached hydrogen (secondary N) is 1. The Bertz CT molecular complexity index is 578. The molecule has 1 aromatic heterocycles. The van der Waals surface area contributed by atoms with E-state index in [1.54, 1.807) is 0 Å². The number of aromatic nitrogens is 1. The van der Waals surface area contributed by atoms with Crippen LogP contribution >= 0.6 is 0 Å². The Hall–Kier alpha value is -1.71. The fraction of sp³-hybridized carbons (Fsp3) is 0.533. The third-order valence-corrected chi connectivity index (χ3v) is 4.12. The minimum absolute atomic E-state index is 0.460. The van der Waals surface area contributed by atoms with Crippen molar-refractivity contribution in [3.8, 4) is 0 Å². The minimum atomic E-state index is 0.460. The van der Waals surface area contributed by atoms with Crippen molar-refractivity contribution < 1.29 is 4.42 Å². The van der Waals surface area contributed by atoms with E-state index in [0.29, 0.717) is 23.2 Å². The molecule has 0 saturated heterocycles. The number of nitrogens with zero attached hydrogens (tertiary/aromatic N) is 1. The third-order valence-electron chi connectivity index (χ3n) is 4.12. The predicted octanol–water partition coefficient (Wildman–Crippen LogP) is 3.79. The number of nitrogen functional groups attached to an aromatic ring is 1. The topological polar surface area (TPSA) is 64.1 Å². The van der Waals surface area contributed by atoms with Crippen molar-refractivity contribution in [3.63, 3.8) is 0 Å². The van der Waals surface area contributed by atoms with E-state index in [2.05, 4.69) is 24.1 Å². The highest BCUT2D eigenvalue weighted by molar-refractivity contribution is 5.86. The molecule has 2 aromatic rings. The highest BCUT2D eigenvalue weighted by Gasteiger charge is 2.27. The zero-order valence-electron chi connectivity index (χ0n) is 11.6. The van der Waals surface area contributed by atoms with Crippen molar-refractivity contribution in [1.82, 2.24) is 4.98 Å². The van der Waals surface area contributed by atoms with Gasteiger partial charge in [0.05, 0.1) is 5.69 Å². The normalized spacial score (nSPS) is 19.7. The van der Waals surface area contributed by atoms with Gasteiger partial charge in [0, 0.05) is 6.04 Å². The molecule has 3 rings (SSSR count). The average molecular weight is 259 g/mol. The number of hydrogen-bond acceptors (Lipinski definition) is 4. The maximum Gasteiger partial charge on any atom is 0.295 e. The summed E-state index contributed by atoms with van der Waals surface area (Å²) in [5, 5.41) is 3.40. The molecule has 0 bridgehead atoms. The SMILES string of the molecule is CC1(C)CCC(Nc2nc3c(N)cccc3o2)CC1.